The van der Waals surface area contributed by atoms with Crippen molar-refractivity contribution < 1.29 is 4.74 Å². The SMILES string of the molecule is COCC1CCN(c2cc(NN)nc(SC)n2)C1. The van der Waals surface area contributed by atoms with Crippen LogP contribution in [0.5, 0.6) is 0 Å². The summed E-state index contributed by atoms with van der Waals surface area (Å²) in [4.78, 5) is 11.0. The van der Waals surface area contributed by atoms with Crippen molar-refractivity contribution in [2.45, 2.75) is 11.6 Å². The first-order chi connectivity index (χ1) is 8.76. The fourth-order valence-corrected chi connectivity index (χ4v) is 2.53. The zero-order valence-electron chi connectivity index (χ0n) is 10.7. The molecule has 1 aliphatic rings. The molecule has 1 saturated heterocycles. The van der Waals surface area contributed by atoms with Crippen LogP contribution in [0.25, 0.3) is 0 Å². The molecule has 1 fully saturated rings. The predicted octanol–water partition coefficient (Wildman–Crippen LogP) is 0.957. The Balaban J connectivity index is 2.13. The lowest BCUT2D eigenvalue weighted by Gasteiger charge is -2.18. The van der Waals surface area contributed by atoms with Crippen molar-refractivity contribution in [2.75, 3.05) is 43.4 Å². The van der Waals surface area contributed by atoms with Gasteiger partial charge in [0.25, 0.3) is 0 Å². The van der Waals surface area contributed by atoms with Crippen molar-refractivity contribution in [1.29, 1.82) is 0 Å². The summed E-state index contributed by atoms with van der Waals surface area (Å²) in [6.07, 6.45) is 3.09. The number of nitrogens with zero attached hydrogens (tertiary/aromatic N) is 3. The fraction of sp³-hybridized carbons (Fsp3) is 0.636. The zero-order chi connectivity index (χ0) is 13.0. The maximum atomic E-state index is 5.43. The molecule has 0 aromatic carbocycles. The quantitative estimate of drug-likeness (QED) is 0.357. The number of hydrogen-bond donors (Lipinski definition) is 2. The highest BCUT2D eigenvalue weighted by Gasteiger charge is 2.24. The van der Waals surface area contributed by atoms with Crippen LogP contribution in [0.2, 0.25) is 0 Å². The highest BCUT2D eigenvalue weighted by Crippen LogP contribution is 2.25. The van der Waals surface area contributed by atoms with Gasteiger partial charge in [0.1, 0.15) is 11.6 Å². The van der Waals surface area contributed by atoms with Crippen molar-refractivity contribution in [1.82, 2.24) is 9.97 Å². The van der Waals surface area contributed by atoms with Crippen molar-refractivity contribution >= 4 is 23.4 Å². The van der Waals surface area contributed by atoms with Crippen molar-refractivity contribution in [3.8, 4) is 0 Å². The molecule has 2 rings (SSSR count). The van der Waals surface area contributed by atoms with Gasteiger partial charge in [-0.15, -0.1) is 0 Å². The molecule has 0 amide bonds. The number of hydrogen-bond acceptors (Lipinski definition) is 7. The first-order valence-corrected chi connectivity index (χ1v) is 7.13. The van der Waals surface area contributed by atoms with Gasteiger partial charge in [-0.05, 0) is 12.7 Å². The molecule has 1 unspecified atom stereocenters. The molecule has 18 heavy (non-hydrogen) atoms. The number of nitrogen functional groups attached to an aromatic ring is 1. The molecule has 100 valence electrons. The average Bonchev–Trinajstić information content (AvgIpc) is 2.87. The number of ether oxygens (including phenoxy) is 1. The van der Waals surface area contributed by atoms with Gasteiger partial charge >= 0.3 is 0 Å². The average molecular weight is 269 g/mol. The van der Waals surface area contributed by atoms with Crippen LogP contribution in [0.3, 0.4) is 0 Å². The second-order valence-corrected chi connectivity index (χ2v) is 5.07. The Kier molecular flexibility index (Phi) is 4.62. The largest absolute Gasteiger partial charge is 0.384 e. The predicted molar refractivity (Wildman–Crippen MR) is 73.8 cm³/mol. The number of anilines is 2. The summed E-state index contributed by atoms with van der Waals surface area (Å²) >= 11 is 1.51. The maximum Gasteiger partial charge on any atom is 0.191 e. The number of aromatic nitrogens is 2. The Bertz CT molecular complexity index is 381. The molecular weight excluding hydrogens is 250 g/mol. The van der Waals surface area contributed by atoms with E-state index in [2.05, 4.69) is 20.3 Å². The summed E-state index contributed by atoms with van der Waals surface area (Å²) in [5, 5.41) is 0.732. The van der Waals surface area contributed by atoms with Crippen LogP contribution < -0.4 is 16.2 Å². The minimum atomic E-state index is 0.581. The summed E-state index contributed by atoms with van der Waals surface area (Å²) in [6.45, 7) is 2.78. The van der Waals surface area contributed by atoms with Gasteiger partial charge in [-0.1, -0.05) is 11.8 Å². The molecule has 0 spiro atoms. The third-order valence-electron chi connectivity index (χ3n) is 3.03. The minimum Gasteiger partial charge on any atom is -0.384 e. The van der Waals surface area contributed by atoms with E-state index in [0.29, 0.717) is 11.7 Å². The number of nitrogens with one attached hydrogen (secondary N) is 1. The van der Waals surface area contributed by atoms with Gasteiger partial charge in [0.2, 0.25) is 0 Å². The van der Waals surface area contributed by atoms with Gasteiger partial charge < -0.3 is 15.1 Å². The monoisotopic (exact) mass is 269 g/mol. The van der Waals surface area contributed by atoms with Crippen molar-refractivity contribution in [3.63, 3.8) is 0 Å². The third kappa shape index (κ3) is 3.04. The molecule has 1 aromatic rings. The lowest BCUT2D eigenvalue weighted by molar-refractivity contribution is 0.161. The van der Waals surface area contributed by atoms with Crippen molar-refractivity contribution in [2.24, 2.45) is 11.8 Å². The molecular formula is C11H19N5OS. The van der Waals surface area contributed by atoms with Gasteiger partial charge in [-0.2, -0.15) is 0 Å². The summed E-state index contributed by atoms with van der Waals surface area (Å²) in [5.74, 6) is 7.59. The second-order valence-electron chi connectivity index (χ2n) is 4.30. The summed E-state index contributed by atoms with van der Waals surface area (Å²) < 4.78 is 5.20. The van der Waals surface area contributed by atoms with E-state index in [1.54, 1.807) is 7.11 Å². The van der Waals surface area contributed by atoms with Gasteiger partial charge in [-0.3, -0.25) is 0 Å². The molecule has 1 aromatic heterocycles. The fourth-order valence-electron chi connectivity index (χ4n) is 2.15. The first-order valence-electron chi connectivity index (χ1n) is 5.90. The highest BCUT2D eigenvalue weighted by atomic mass is 32.2. The standard InChI is InChI=1S/C11H19N5OS/c1-17-7-8-3-4-16(6-8)10-5-9(15-12)13-11(14-10)18-2/h5,8H,3-4,6-7,12H2,1-2H3,(H,13,14,15). The lowest BCUT2D eigenvalue weighted by atomic mass is 10.1. The molecule has 1 atom stereocenters. The second kappa shape index (κ2) is 6.21. The Labute approximate surface area is 111 Å². The summed E-state index contributed by atoms with van der Waals surface area (Å²) in [7, 11) is 1.75. The topological polar surface area (TPSA) is 76.3 Å². The number of nitrogens with two attached hydrogens (primary N) is 1. The Morgan fingerprint density at radius 2 is 2.44 bits per heavy atom. The van der Waals surface area contributed by atoms with Crippen molar-refractivity contribution in [3.05, 3.63) is 6.07 Å². The number of thioether (sulfide) groups is 1. The van der Waals surface area contributed by atoms with E-state index in [4.69, 9.17) is 10.6 Å². The van der Waals surface area contributed by atoms with Gasteiger partial charge in [0.15, 0.2) is 5.16 Å². The highest BCUT2D eigenvalue weighted by molar-refractivity contribution is 7.98. The zero-order valence-corrected chi connectivity index (χ0v) is 11.5. The van der Waals surface area contributed by atoms with Crippen LogP contribution in [0.4, 0.5) is 11.6 Å². The Hall–Kier alpha value is -1.05. The molecule has 0 radical (unpaired) electrons. The summed E-state index contributed by atoms with van der Waals surface area (Å²) in [5.41, 5.74) is 2.59. The number of hydrazine groups is 1. The molecule has 7 heteroatoms. The van der Waals surface area contributed by atoms with Crippen LogP contribution in [0.1, 0.15) is 6.42 Å². The van der Waals surface area contributed by atoms with E-state index < -0.39 is 0 Å². The molecule has 0 aliphatic carbocycles. The minimum absolute atomic E-state index is 0.581. The smallest absolute Gasteiger partial charge is 0.191 e. The Morgan fingerprint density at radius 3 is 3.11 bits per heavy atom. The lowest BCUT2D eigenvalue weighted by Crippen LogP contribution is -2.23. The summed E-state index contributed by atoms with van der Waals surface area (Å²) in [6, 6.07) is 1.88. The molecule has 2 heterocycles. The number of rotatable bonds is 5. The third-order valence-corrected chi connectivity index (χ3v) is 3.58. The first kappa shape index (κ1) is 13.4. The van der Waals surface area contributed by atoms with E-state index >= 15 is 0 Å². The molecule has 3 N–H and O–H groups in total. The van der Waals surface area contributed by atoms with Crippen LogP contribution in [-0.4, -0.2) is 43.0 Å². The number of methoxy groups -OCH3 is 1. The van der Waals surface area contributed by atoms with Gasteiger partial charge in [-0.25, -0.2) is 15.8 Å². The van der Waals surface area contributed by atoms with E-state index in [0.717, 1.165) is 37.1 Å². The van der Waals surface area contributed by atoms with E-state index in [9.17, 15) is 0 Å². The van der Waals surface area contributed by atoms with E-state index in [1.165, 1.54) is 11.8 Å². The normalized spacial score (nSPS) is 19.3. The molecule has 6 nitrogen and oxygen atoms in total. The van der Waals surface area contributed by atoms with Crippen LogP contribution in [-0.2, 0) is 4.74 Å². The van der Waals surface area contributed by atoms with Crippen LogP contribution in [0.15, 0.2) is 11.2 Å². The molecule has 1 aliphatic heterocycles. The van der Waals surface area contributed by atoms with Crippen LogP contribution in [0, 0.1) is 5.92 Å². The van der Waals surface area contributed by atoms with E-state index in [1.807, 2.05) is 12.3 Å². The molecule has 0 saturated carbocycles. The molecule has 0 bridgehead atoms. The maximum absolute atomic E-state index is 5.43. The van der Waals surface area contributed by atoms with Gasteiger partial charge in [0.05, 0.1) is 6.61 Å². The Morgan fingerprint density at radius 1 is 1.61 bits per heavy atom. The van der Waals surface area contributed by atoms with Gasteiger partial charge in [0, 0.05) is 32.2 Å². The van der Waals surface area contributed by atoms with Crippen LogP contribution >= 0.6 is 11.8 Å². The van der Waals surface area contributed by atoms with E-state index in [-0.39, 0.29) is 0 Å².